The van der Waals surface area contributed by atoms with Crippen LogP contribution in [0.15, 0.2) is 18.3 Å². The van der Waals surface area contributed by atoms with E-state index in [1.54, 1.807) is 12.1 Å². The zero-order chi connectivity index (χ0) is 13.2. The molecule has 0 aromatic carbocycles. The van der Waals surface area contributed by atoms with Crippen molar-refractivity contribution in [2.75, 3.05) is 5.32 Å². The van der Waals surface area contributed by atoms with E-state index in [-0.39, 0.29) is 0 Å². The first-order valence-electron chi connectivity index (χ1n) is 5.77. The normalized spacial score (nSPS) is 16.5. The number of aliphatic carboxylic acids is 1. The third kappa shape index (κ3) is 2.42. The van der Waals surface area contributed by atoms with Crippen molar-refractivity contribution in [2.24, 2.45) is 0 Å². The van der Waals surface area contributed by atoms with Crippen molar-refractivity contribution < 1.29 is 14.7 Å². The van der Waals surface area contributed by atoms with Crippen LogP contribution >= 0.6 is 0 Å². The molecule has 1 aliphatic carbocycles. The lowest BCUT2D eigenvalue weighted by Gasteiger charge is -2.38. The van der Waals surface area contributed by atoms with Crippen molar-refractivity contribution in [1.29, 1.82) is 0 Å². The number of carbonyl (C=O) groups excluding carboxylic acids is 1. The third-order valence-corrected chi connectivity index (χ3v) is 3.14. The number of carboxylic acids is 1. The second kappa shape index (κ2) is 4.64. The number of carboxylic acid groups (broad SMARTS) is 1. The molecule has 6 heteroatoms. The summed E-state index contributed by atoms with van der Waals surface area (Å²) in [7, 11) is 0. The fourth-order valence-corrected chi connectivity index (χ4v) is 1.84. The van der Waals surface area contributed by atoms with E-state index in [0.717, 1.165) is 12.1 Å². The average Bonchev–Trinajstić information content (AvgIpc) is 2.26. The molecule has 6 nitrogen and oxygen atoms in total. The van der Waals surface area contributed by atoms with Crippen LogP contribution in [-0.2, 0) is 4.79 Å². The molecule has 3 N–H and O–H groups in total. The van der Waals surface area contributed by atoms with Crippen LogP contribution in [-0.4, -0.2) is 27.6 Å². The van der Waals surface area contributed by atoms with Crippen molar-refractivity contribution in [2.45, 2.75) is 31.7 Å². The molecule has 0 unspecified atom stereocenters. The van der Waals surface area contributed by atoms with Crippen molar-refractivity contribution in [3.8, 4) is 0 Å². The minimum Gasteiger partial charge on any atom is -0.480 e. The molecular formula is C12H15N3O3. The predicted molar refractivity (Wildman–Crippen MR) is 65.3 cm³/mol. The molecule has 1 fully saturated rings. The Labute approximate surface area is 104 Å². The molecule has 96 valence electrons. The van der Waals surface area contributed by atoms with Gasteiger partial charge in [-0.15, -0.1) is 0 Å². The molecule has 0 aliphatic heterocycles. The Kier molecular flexibility index (Phi) is 3.18. The molecule has 1 heterocycles. The Morgan fingerprint density at radius 1 is 1.39 bits per heavy atom. The van der Waals surface area contributed by atoms with Crippen molar-refractivity contribution in [3.63, 3.8) is 0 Å². The minimum absolute atomic E-state index is 0.474. The summed E-state index contributed by atoms with van der Waals surface area (Å²) in [6.45, 7) is 1.84. The SMILES string of the molecule is Cc1ccc(NC(=O)NC2(C(=O)O)CCC2)cn1. The summed E-state index contributed by atoms with van der Waals surface area (Å²) in [5.74, 6) is -0.981. The van der Waals surface area contributed by atoms with Crippen LogP contribution in [0.3, 0.4) is 0 Å². The van der Waals surface area contributed by atoms with Crippen LogP contribution in [0.5, 0.6) is 0 Å². The highest BCUT2D eigenvalue weighted by atomic mass is 16.4. The Bertz CT molecular complexity index is 466. The monoisotopic (exact) mass is 249 g/mol. The Morgan fingerprint density at radius 2 is 2.11 bits per heavy atom. The van der Waals surface area contributed by atoms with E-state index in [1.807, 2.05) is 6.92 Å². The number of nitrogens with zero attached hydrogens (tertiary/aromatic N) is 1. The highest BCUT2D eigenvalue weighted by Gasteiger charge is 2.45. The molecule has 0 bridgehead atoms. The van der Waals surface area contributed by atoms with Gasteiger partial charge in [-0.2, -0.15) is 0 Å². The van der Waals surface area contributed by atoms with Crippen LogP contribution in [0, 0.1) is 6.92 Å². The zero-order valence-corrected chi connectivity index (χ0v) is 10.1. The number of hydrogen-bond acceptors (Lipinski definition) is 3. The largest absolute Gasteiger partial charge is 0.480 e. The van der Waals surface area contributed by atoms with E-state index in [1.165, 1.54) is 6.20 Å². The Morgan fingerprint density at radius 3 is 2.56 bits per heavy atom. The highest BCUT2D eigenvalue weighted by molar-refractivity contribution is 5.94. The molecule has 0 spiro atoms. The van der Waals surface area contributed by atoms with E-state index in [4.69, 9.17) is 5.11 Å². The molecule has 1 aromatic heterocycles. The lowest BCUT2D eigenvalue weighted by Crippen LogP contribution is -2.60. The standard InChI is InChI=1S/C12H15N3O3/c1-8-3-4-9(7-13-8)14-11(18)15-12(10(16)17)5-2-6-12/h3-4,7H,2,5-6H2,1H3,(H,16,17)(H2,14,15,18). The Hall–Kier alpha value is -2.11. The van der Waals surface area contributed by atoms with Gasteiger partial charge in [0, 0.05) is 5.69 Å². The molecule has 1 aromatic rings. The first kappa shape index (κ1) is 12.3. The molecule has 1 aliphatic rings. The van der Waals surface area contributed by atoms with E-state index >= 15 is 0 Å². The fraction of sp³-hybridized carbons (Fsp3) is 0.417. The predicted octanol–water partition coefficient (Wildman–Crippen LogP) is 1.52. The number of pyridine rings is 1. The summed E-state index contributed by atoms with van der Waals surface area (Å²) >= 11 is 0. The maximum atomic E-state index is 11.7. The first-order valence-corrected chi connectivity index (χ1v) is 5.77. The lowest BCUT2D eigenvalue weighted by molar-refractivity contribution is -0.148. The smallest absolute Gasteiger partial charge is 0.329 e. The topological polar surface area (TPSA) is 91.3 Å². The highest BCUT2D eigenvalue weighted by Crippen LogP contribution is 2.32. The molecule has 0 saturated heterocycles. The van der Waals surface area contributed by atoms with Gasteiger partial charge in [-0.05, 0) is 38.3 Å². The lowest BCUT2D eigenvalue weighted by atomic mass is 9.77. The number of anilines is 1. The number of nitrogens with one attached hydrogen (secondary N) is 2. The molecule has 2 rings (SSSR count). The molecule has 1 saturated carbocycles. The number of aromatic nitrogens is 1. The number of carbonyl (C=O) groups is 2. The van der Waals surface area contributed by atoms with Crippen LogP contribution < -0.4 is 10.6 Å². The number of hydrogen-bond donors (Lipinski definition) is 3. The molecular weight excluding hydrogens is 234 g/mol. The summed E-state index contributed by atoms with van der Waals surface area (Å²) in [4.78, 5) is 26.8. The minimum atomic E-state index is -1.10. The second-order valence-electron chi connectivity index (χ2n) is 4.51. The second-order valence-corrected chi connectivity index (χ2v) is 4.51. The third-order valence-electron chi connectivity index (χ3n) is 3.14. The maximum absolute atomic E-state index is 11.7. The van der Waals surface area contributed by atoms with Gasteiger partial charge in [0.15, 0.2) is 0 Å². The van der Waals surface area contributed by atoms with Gasteiger partial charge in [0.1, 0.15) is 5.54 Å². The van der Waals surface area contributed by atoms with Gasteiger partial charge in [0.05, 0.1) is 11.9 Å². The molecule has 18 heavy (non-hydrogen) atoms. The quantitative estimate of drug-likeness (QED) is 0.757. The first-order chi connectivity index (χ1) is 8.52. The molecule has 0 radical (unpaired) electrons. The van der Waals surface area contributed by atoms with Crippen molar-refractivity contribution in [3.05, 3.63) is 24.0 Å². The van der Waals surface area contributed by atoms with Crippen molar-refractivity contribution >= 4 is 17.7 Å². The number of aryl methyl sites for hydroxylation is 1. The van der Waals surface area contributed by atoms with E-state index in [2.05, 4.69) is 15.6 Å². The van der Waals surface area contributed by atoms with Crippen LogP contribution in [0.1, 0.15) is 25.0 Å². The van der Waals surface area contributed by atoms with Crippen LogP contribution in [0.4, 0.5) is 10.5 Å². The summed E-state index contributed by atoms with van der Waals surface area (Å²) in [5, 5.41) is 14.2. The molecule has 0 atom stereocenters. The van der Waals surface area contributed by atoms with Gasteiger partial charge in [0.25, 0.3) is 0 Å². The van der Waals surface area contributed by atoms with E-state index in [9.17, 15) is 9.59 Å². The average molecular weight is 249 g/mol. The number of urea groups is 1. The fourth-order valence-electron chi connectivity index (χ4n) is 1.84. The Balaban J connectivity index is 1.96. The van der Waals surface area contributed by atoms with E-state index in [0.29, 0.717) is 18.5 Å². The maximum Gasteiger partial charge on any atom is 0.329 e. The zero-order valence-electron chi connectivity index (χ0n) is 10.1. The number of rotatable bonds is 3. The van der Waals surface area contributed by atoms with Crippen LogP contribution in [0.2, 0.25) is 0 Å². The van der Waals surface area contributed by atoms with Gasteiger partial charge in [-0.1, -0.05) is 0 Å². The van der Waals surface area contributed by atoms with Crippen molar-refractivity contribution in [1.82, 2.24) is 10.3 Å². The summed E-state index contributed by atoms with van der Waals surface area (Å²) in [5.41, 5.74) is 0.294. The summed E-state index contributed by atoms with van der Waals surface area (Å²) < 4.78 is 0. The summed E-state index contributed by atoms with van der Waals surface area (Å²) in [6, 6.07) is 2.98. The van der Waals surface area contributed by atoms with E-state index < -0.39 is 17.5 Å². The van der Waals surface area contributed by atoms with Gasteiger partial charge in [0.2, 0.25) is 0 Å². The van der Waals surface area contributed by atoms with Gasteiger partial charge in [-0.3, -0.25) is 4.98 Å². The van der Waals surface area contributed by atoms with Gasteiger partial charge in [-0.25, -0.2) is 9.59 Å². The number of amides is 2. The molecule has 2 amide bonds. The van der Waals surface area contributed by atoms with Crippen LogP contribution in [0.25, 0.3) is 0 Å². The van der Waals surface area contributed by atoms with Gasteiger partial charge >= 0.3 is 12.0 Å². The summed E-state index contributed by atoms with van der Waals surface area (Å²) in [6.07, 6.45) is 3.30. The van der Waals surface area contributed by atoms with Gasteiger partial charge < -0.3 is 15.7 Å².